The average Bonchev–Trinajstić information content (AvgIpc) is 3.09. The summed E-state index contributed by atoms with van der Waals surface area (Å²) in [7, 11) is 0. The van der Waals surface area contributed by atoms with Crippen LogP contribution in [0.1, 0.15) is 25.7 Å². The number of rotatable bonds is 3. The van der Waals surface area contributed by atoms with Crippen LogP contribution >= 0.6 is 11.3 Å². The van der Waals surface area contributed by atoms with Crippen LogP contribution in [0.15, 0.2) is 30.6 Å². The number of hydrogen-bond donors (Lipinski definition) is 1. The fraction of sp³-hybridized carbons (Fsp3) is 0.500. The quantitative estimate of drug-likeness (QED) is 0.760. The van der Waals surface area contributed by atoms with Crippen molar-refractivity contribution in [2.45, 2.75) is 37.8 Å². The van der Waals surface area contributed by atoms with E-state index in [1.54, 1.807) is 17.7 Å². The SMILES string of the molecule is c1ccc2c(c1)sc1ncnc(NC3CCC(N4CCOCC4)CC3)c12. The van der Waals surface area contributed by atoms with Crippen molar-refractivity contribution in [1.82, 2.24) is 14.9 Å². The molecule has 0 spiro atoms. The van der Waals surface area contributed by atoms with Crippen LogP contribution in [0, 0.1) is 0 Å². The molecular weight excluding hydrogens is 344 g/mol. The zero-order chi connectivity index (χ0) is 17.3. The van der Waals surface area contributed by atoms with Crippen molar-refractivity contribution >= 4 is 37.5 Å². The third-order valence-corrected chi connectivity index (χ3v) is 6.85. The van der Waals surface area contributed by atoms with Crippen molar-refractivity contribution < 1.29 is 4.74 Å². The minimum absolute atomic E-state index is 0.504. The van der Waals surface area contributed by atoms with Crippen molar-refractivity contribution in [3.63, 3.8) is 0 Å². The van der Waals surface area contributed by atoms with Gasteiger partial charge in [-0.2, -0.15) is 0 Å². The predicted octanol–water partition coefficient (Wildman–Crippen LogP) is 3.90. The van der Waals surface area contributed by atoms with Gasteiger partial charge in [0.05, 0.1) is 18.6 Å². The fourth-order valence-corrected chi connectivity index (χ4v) is 5.43. The molecule has 1 N–H and O–H groups in total. The summed E-state index contributed by atoms with van der Waals surface area (Å²) >= 11 is 1.75. The Balaban J connectivity index is 1.33. The molecule has 0 bridgehead atoms. The number of nitrogens with zero attached hydrogens (tertiary/aromatic N) is 3. The molecule has 2 fully saturated rings. The van der Waals surface area contributed by atoms with Crippen LogP contribution in [-0.2, 0) is 4.74 Å². The second-order valence-corrected chi connectivity index (χ2v) is 8.33. The van der Waals surface area contributed by atoms with E-state index >= 15 is 0 Å². The maximum atomic E-state index is 5.49. The molecule has 6 heteroatoms. The first-order chi connectivity index (χ1) is 12.9. The number of hydrogen-bond acceptors (Lipinski definition) is 6. The topological polar surface area (TPSA) is 50.3 Å². The highest BCUT2D eigenvalue weighted by atomic mass is 32.1. The molecule has 1 saturated carbocycles. The van der Waals surface area contributed by atoms with Gasteiger partial charge in [-0.25, -0.2) is 9.97 Å². The van der Waals surface area contributed by atoms with E-state index in [0.29, 0.717) is 6.04 Å². The minimum Gasteiger partial charge on any atom is -0.379 e. The molecule has 5 nitrogen and oxygen atoms in total. The van der Waals surface area contributed by atoms with Gasteiger partial charge in [0.25, 0.3) is 0 Å². The van der Waals surface area contributed by atoms with Gasteiger partial charge in [0, 0.05) is 35.3 Å². The summed E-state index contributed by atoms with van der Waals surface area (Å²) in [4.78, 5) is 12.8. The Hall–Kier alpha value is -1.76. The maximum Gasteiger partial charge on any atom is 0.139 e. The van der Waals surface area contributed by atoms with Crippen LogP contribution in [0.5, 0.6) is 0 Å². The van der Waals surface area contributed by atoms with Crippen molar-refractivity contribution in [2.24, 2.45) is 0 Å². The Morgan fingerprint density at radius 2 is 1.85 bits per heavy atom. The van der Waals surface area contributed by atoms with Crippen LogP contribution in [0.3, 0.4) is 0 Å². The molecule has 3 heterocycles. The molecular formula is C20H24N4OS. The lowest BCUT2D eigenvalue weighted by Crippen LogP contribution is -2.46. The molecule has 26 heavy (non-hydrogen) atoms. The highest BCUT2D eigenvalue weighted by molar-refractivity contribution is 7.25. The van der Waals surface area contributed by atoms with E-state index in [1.165, 1.54) is 41.2 Å². The molecule has 1 saturated heterocycles. The number of aromatic nitrogens is 2. The summed E-state index contributed by atoms with van der Waals surface area (Å²) in [6.45, 7) is 3.97. The highest BCUT2D eigenvalue weighted by Gasteiger charge is 2.27. The van der Waals surface area contributed by atoms with Crippen molar-refractivity contribution in [1.29, 1.82) is 0 Å². The molecule has 1 aromatic carbocycles. The zero-order valence-corrected chi connectivity index (χ0v) is 15.7. The normalized spacial score (nSPS) is 24.9. The van der Waals surface area contributed by atoms with Crippen molar-refractivity contribution in [2.75, 3.05) is 31.6 Å². The van der Waals surface area contributed by atoms with E-state index in [9.17, 15) is 0 Å². The average molecular weight is 369 g/mol. The molecule has 3 aromatic rings. The third kappa shape index (κ3) is 3.06. The first-order valence-electron chi connectivity index (χ1n) is 9.59. The lowest BCUT2D eigenvalue weighted by molar-refractivity contribution is 0.00791. The van der Waals surface area contributed by atoms with Gasteiger partial charge in [-0.05, 0) is 31.7 Å². The monoisotopic (exact) mass is 368 g/mol. The third-order valence-electron chi connectivity index (χ3n) is 5.78. The molecule has 0 amide bonds. The van der Waals surface area contributed by atoms with E-state index in [0.717, 1.165) is 43.0 Å². The van der Waals surface area contributed by atoms with Gasteiger partial charge < -0.3 is 10.1 Å². The van der Waals surface area contributed by atoms with Gasteiger partial charge in [-0.3, -0.25) is 4.90 Å². The summed E-state index contributed by atoms with van der Waals surface area (Å²) in [5.74, 6) is 1.00. The largest absolute Gasteiger partial charge is 0.379 e. The Bertz CT molecular complexity index is 897. The fourth-order valence-electron chi connectivity index (χ4n) is 4.39. The van der Waals surface area contributed by atoms with E-state index in [1.807, 2.05) is 0 Å². The maximum absolute atomic E-state index is 5.49. The summed E-state index contributed by atoms with van der Waals surface area (Å²) < 4.78 is 6.77. The van der Waals surface area contributed by atoms with Crippen LogP contribution in [0.4, 0.5) is 5.82 Å². The van der Waals surface area contributed by atoms with Gasteiger partial charge in [0.15, 0.2) is 0 Å². The van der Waals surface area contributed by atoms with Crippen LogP contribution < -0.4 is 5.32 Å². The molecule has 0 unspecified atom stereocenters. The van der Waals surface area contributed by atoms with Gasteiger partial charge in [-0.1, -0.05) is 18.2 Å². The number of fused-ring (bicyclic) bond motifs is 3. The molecule has 0 radical (unpaired) electrons. The molecule has 5 rings (SSSR count). The Kier molecular flexibility index (Phi) is 4.48. The lowest BCUT2D eigenvalue weighted by atomic mass is 9.90. The second-order valence-electron chi connectivity index (χ2n) is 7.30. The summed E-state index contributed by atoms with van der Waals surface area (Å²) in [5.41, 5.74) is 0. The van der Waals surface area contributed by atoms with Gasteiger partial charge >= 0.3 is 0 Å². The van der Waals surface area contributed by atoms with Gasteiger partial charge in [-0.15, -0.1) is 11.3 Å². The predicted molar refractivity (Wildman–Crippen MR) is 107 cm³/mol. The smallest absolute Gasteiger partial charge is 0.139 e. The lowest BCUT2D eigenvalue weighted by Gasteiger charge is -2.39. The minimum atomic E-state index is 0.504. The molecule has 136 valence electrons. The Morgan fingerprint density at radius 3 is 2.69 bits per heavy atom. The zero-order valence-electron chi connectivity index (χ0n) is 14.9. The molecule has 2 aromatic heterocycles. The van der Waals surface area contributed by atoms with Crippen molar-refractivity contribution in [3.05, 3.63) is 30.6 Å². The second kappa shape index (κ2) is 7.10. The summed E-state index contributed by atoms with van der Waals surface area (Å²) in [5, 5.41) is 6.18. The van der Waals surface area contributed by atoms with Crippen LogP contribution in [0.25, 0.3) is 20.3 Å². The Morgan fingerprint density at radius 1 is 1.04 bits per heavy atom. The first-order valence-corrected chi connectivity index (χ1v) is 10.4. The van der Waals surface area contributed by atoms with Crippen LogP contribution in [-0.4, -0.2) is 53.3 Å². The van der Waals surface area contributed by atoms with Gasteiger partial charge in [0.2, 0.25) is 0 Å². The summed E-state index contributed by atoms with van der Waals surface area (Å²) in [6.07, 6.45) is 6.62. The molecule has 0 atom stereocenters. The molecule has 1 aliphatic heterocycles. The molecule has 1 aliphatic carbocycles. The molecule has 2 aliphatic rings. The Labute approximate surface area is 157 Å². The number of nitrogens with one attached hydrogen (secondary N) is 1. The van der Waals surface area contributed by atoms with E-state index in [-0.39, 0.29) is 0 Å². The van der Waals surface area contributed by atoms with Crippen molar-refractivity contribution in [3.8, 4) is 0 Å². The first kappa shape index (κ1) is 16.4. The summed E-state index contributed by atoms with van der Waals surface area (Å²) in [6, 6.07) is 9.76. The van der Waals surface area contributed by atoms with E-state index in [4.69, 9.17) is 4.74 Å². The van der Waals surface area contributed by atoms with E-state index < -0.39 is 0 Å². The van der Waals surface area contributed by atoms with E-state index in [2.05, 4.69) is 44.5 Å². The number of morpholine rings is 1. The van der Waals surface area contributed by atoms with Gasteiger partial charge in [0.1, 0.15) is 17.0 Å². The highest BCUT2D eigenvalue weighted by Crippen LogP contribution is 2.36. The van der Waals surface area contributed by atoms with Crippen LogP contribution in [0.2, 0.25) is 0 Å². The standard InChI is InChI=1S/C20H24N4OS/c1-2-4-17-16(3-1)18-19(21-13-22-20(18)26-17)23-14-5-7-15(8-6-14)24-9-11-25-12-10-24/h1-4,13-15H,5-12H2,(H,21,22,23). The number of ether oxygens (including phenoxy) is 1. The number of benzene rings is 1. The number of thiophene rings is 1. The number of anilines is 1.